The summed E-state index contributed by atoms with van der Waals surface area (Å²) in [5.41, 5.74) is 0. The minimum atomic E-state index is -0.938. The van der Waals surface area contributed by atoms with E-state index in [2.05, 4.69) is 6.92 Å². The van der Waals surface area contributed by atoms with Crippen LogP contribution >= 0.6 is 11.8 Å². The Hall–Kier alpha value is -0.180. The Morgan fingerprint density at radius 1 is 0.944 bits per heavy atom. The summed E-state index contributed by atoms with van der Waals surface area (Å²) in [4.78, 5) is 10.5. The molecule has 3 heteroatoms. The summed E-state index contributed by atoms with van der Waals surface area (Å²) in [7, 11) is 0. The Bertz CT molecular complexity index is 195. The molecule has 1 atom stereocenters. The van der Waals surface area contributed by atoms with Crippen molar-refractivity contribution in [2.45, 2.75) is 83.3 Å². The number of carbonyl (C=O) groups is 1. The van der Waals surface area contributed by atoms with Crippen molar-refractivity contribution in [1.82, 2.24) is 0 Å². The van der Waals surface area contributed by atoms with Gasteiger partial charge in [0, 0.05) is 5.25 Å². The van der Waals surface area contributed by atoms with Gasteiger partial charge in [0.1, 0.15) is 0 Å². The third-order valence-electron chi connectivity index (χ3n) is 3.20. The lowest BCUT2D eigenvalue weighted by Gasteiger charge is -2.11. The summed E-state index contributed by atoms with van der Waals surface area (Å²) < 4.78 is 0. The van der Waals surface area contributed by atoms with E-state index in [4.69, 9.17) is 0 Å². The van der Waals surface area contributed by atoms with Crippen LogP contribution in [0.25, 0.3) is 0 Å². The van der Waals surface area contributed by atoms with Crippen LogP contribution in [-0.2, 0) is 4.79 Å². The molecular weight excluding hydrogens is 244 g/mol. The fourth-order valence-corrected chi connectivity index (χ4v) is 2.78. The topological polar surface area (TPSA) is 40.1 Å². The number of carbonyl (C=O) groups excluding carboxylic acids is 1. The highest BCUT2D eigenvalue weighted by Gasteiger charge is 2.01. The molecule has 108 valence electrons. The molecule has 0 saturated carbocycles. The number of unbranched alkanes of at least 4 members (excludes halogenated alkanes) is 9. The molecular formula is C15H29O2S-. The van der Waals surface area contributed by atoms with Crippen LogP contribution in [0.5, 0.6) is 0 Å². The quantitative estimate of drug-likeness (QED) is 0.479. The Labute approximate surface area is 117 Å². The maximum atomic E-state index is 10.5. The van der Waals surface area contributed by atoms with Crippen molar-refractivity contribution in [3.05, 3.63) is 0 Å². The maximum absolute atomic E-state index is 10.5. The van der Waals surface area contributed by atoms with Gasteiger partial charge in [-0.25, -0.2) is 0 Å². The first-order chi connectivity index (χ1) is 8.68. The van der Waals surface area contributed by atoms with E-state index in [9.17, 15) is 9.90 Å². The largest absolute Gasteiger partial charge is 0.549 e. The van der Waals surface area contributed by atoms with Crippen LogP contribution in [0.1, 0.15) is 78.1 Å². The van der Waals surface area contributed by atoms with E-state index in [1.165, 1.54) is 69.5 Å². The zero-order valence-corrected chi connectivity index (χ0v) is 12.9. The highest BCUT2D eigenvalue weighted by Crippen LogP contribution is 2.15. The Morgan fingerprint density at radius 2 is 1.39 bits per heavy atom. The summed E-state index contributed by atoms with van der Waals surface area (Å²) in [5, 5.41) is 10.1. The zero-order valence-electron chi connectivity index (χ0n) is 12.1. The lowest BCUT2D eigenvalue weighted by atomic mass is 10.1. The molecule has 0 amide bonds. The van der Waals surface area contributed by atoms with Crippen molar-refractivity contribution in [3.63, 3.8) is 0 Å². The normalized spacial score (nSPS) is 12.6. The molecule has 0 bridgehead atoms. The lowest BCUT2D eigenvalue weighted by Crippen LogP contribution is -2.31. The highest BCUT2D eigenvalue weighted by molar-refractivity contribution is 8.00. The first-order valence-electron chi connectivity index (χ1n) is 7.51. The van der Waals surface area contributed by atoms with Gasteiger partial charge in [0.05, 0.1) is 5.97 Å². The molecule has 0 aromatic carbocycles. The van der Waals surface area contributed by atoms with Gasteiger partial charge in [-0.3, -0.25) is 0 Å². The van der Waals surface area contributed by atoms with Crippen molar-refractivity contribution in [1.29, 1.82) is 0 Å². The molecule has 0 heterocycles. The fourth-order valence-electron chi connectivity index (χ4n) is 1.92. The SMILES string of the molecule is CCCCCCCCCCCCSC(C)C(=O)[O-]. The van der Waals surface area contributed by atoms with Gasteiger partial charge in [0.25, 0.3) is 0 Å². The predicted octanol–water partition coefficient (Wildman–Crippen LogP) is 3.78. The highest BCUT2D eigenvalue weighted by atomic mass is 32.2. The van der Waals surface area contributed by atoms with E-state index in [0.29, 0.717) is 0 Å². The number of rotatable bonds is 13. The number of hydrogen-bond acceptors (Lipinski definition) is 3. The monoisotopic (exact) mass is 273 g/mol. The van der Waals surface area contributed by atoms with Gasteiger partial charge in [0.15, 0.2) is 0 Å². The molecule has 0 aliphatic heterocycles. The minimum Gasteiger partial charge on any atom is -0.549 e. The van der Waals surface area contributed by atoms with Crippen molar-refractivity contribution < 1.29 is 9.90 Å². The van der Waals surface area contributed by atoms with Gasteiger partial charge >= 0.3 is 0 Å². The van der Waals surface area contributed by atoms with Crippen molar-refractivity contribution in [2.75, 3.05) is 5.75 Å². The molecule has 0 radical (unpaired) electrons. The van der Waals surface area contributed by atoms with Crippen molar-refractivity contribution in [3.8, 4) is 0 Å². The van der Waals surface area contributed by atoms with Gasteiger partial charge in [-0.1, -0.05) is 64.7 Å². The number of hydrogen-bond donors (Lipinski definition) is 0. The number of carboxylic acid groups (broad SMARTS) is 1. The molecule has 0 aromatic heterocycles. The first-order valence-corrected chi connectivity index (χ1v) is 8.55. The molecule has 2 nitrogen and oxygen atoms in total. The Kier molecular flexibility index (Phi) is 13.1. The van der Waals surface area contributed by atoms with Gasteiger partial charge in [-0.05, 0) is 19.1 Å². The Balaban J connectivity index is 3.05. The molecule has 0 aromatic rings. The van der Waals surface area contributed by atoms with Crippen LogP contribution in [0, 0.1) is 0 Å². The van der Waals surface area contributed by atoms with E-state index >= 15 is 0 Å². The number of aliphatic carboxylic acids is 1. The van der Waals surface area contributed by atoms with Gasteiger partial charge in [0.2, 0.25) is 0 Å². The third-order valence-corrected chi connectivity index (χ3v) is 4.41. The molecule has 0 aliphatic rings. The van der Waals surface area contributed by atoms with Crippen LogP contribution in [0.3, 0.4) is 0 Å². The lowest BCUT2D eigenvalue weighted by molar-refractivity contribution is -0.304. The van der Waals surface area contributed by atoms with E-state index < -0.39 is 5.97 Å². The zero-order chi connectivity index (χ0) is 13.6. The van der Waals surface area contributed by atoms with E-state index in [1.807, 2.05) is 0 Å². The molecule has 1 unspecified atom stereocenters. The molecule has 0 spiro atoms. The Morgan fingerprint density at radius 3 is 1.83 bits per heavy atom. The van der Waals surface area contributed by atoms with E-state index in [-0.39, 0.29) is 5.25 Å². The minimum absolute atomic E-state index is 0.358. The van der Waals surface area contributed by atoms with Crippen LogP contribution in [0.2, 0.25) is 0 Å². The molecule has 0 N–H and O–H groups in total. The van der Waals surface area contributed by atoms with Crippen LogP contribution < -0.4 is 5.11 Å². The summed E-state index contributed by atoms with van der Waals surface area (Å²) in [6, 6.07) is 0. The molecule has 0 saturated heterocycles. The number of carboxylic acids is 1. The van der Waals surface area contributed by atoms with Crippen LogP contribution in [-0.4, -0.2) is 17.0 Å². The smallest absolute Gasteiger partial charge is 0.0541 e. The molecule has 0 rings (SSSR count). The molecule has 18 heavy (non-hydrogen) atoms. The second-order valence-corrected chi connectivity index (χ2v) is 6.46. The maximum Gasteiger partial charge on any atom is 0.0541 e. The predicted molar refractivity (Wildman–Crippen MR) is 78.8 cm³/mol. The first kappa shape index (κ1) is 17.8. The standard InChI is InChI=1S/C15H30O2S/c1-3-4-5-6-7-8-9-10-11-12-13-18-14(2)15(16)17/h14H,3-13H2,1-2H3,(H,16,17)/p-1. The summed E-state index contributed by atoms with van der Waals surface area (Å²) in [6.07, 6.45) is 13.3. The molecule has 0 aliphatic carbocycles. The second-order valence-electron chi connectivity index (χ2n) is 5.01. The van der Waals surface area contributed by atoms with Gasteiger partial charge in [-0.2, -0.15) is 11.8 Å². The van der Waals surface area contributed by atoms with Gasteiger partial charge < -0.3 is 9.90 Å². The van der Waals surface area contributed by atoms with Crippen LogP contribution in [0.15, 0.2) is 0 Å². The van der Waals surface area contributed by atoms with E-state index in [0.717, 1.165) is 12.2 Å². The molecule has 0 fully saturated rings. The van der Waals surface area contributed by atoms with Crippen molar-refractivity contribution in [2.24, 2.45) is 0 Å². The number of thioether (sulfide) groups is 1. The second kappa shape index (κ2) is 13.3. The summed E-state index contributed by atoms with van der Waals surface area (Å²) >= 11 is 1.50. The van der Waals surface area contributed by atoms with Gasteiger partial charge in [-0.15, -0.1) is 0 Å². The average Bonchev–Trinajstić information content (AvgIpc) is 2.35. The fraction of sp³-hybridized carbons (Fsp3) is 0.933. The van der Waals surface area contributed by atoms with E-state index in [1.54, 1.807) is 6.92 Å². The van der Waals surface area contributed by atoms with Crippen LogP contribution in [0.4, 0.5) is 0 Å². The summed E-state index contributed by atoms with van der Waals surface area (Å²) in [6.45, 7) is 3.95. The summed E-state index contributed by atoms with van der Waals surface area (Å²) in [5.74, 6) is 0.0122. The third kappa shape index (κ3) is 12.3. The van der Waals surface area contributed by atoms with Crippen molar-refractivity contribution >= 4 is 17.7 Å². The average molecular weight is 273 g/mol.